The number of esters is 2. The minimum Gasteiger partial charge on any atom is -0.544 e. The lowest BCUT2D eigenvalue weighted by atomic mass is 10.0. The Morgan fingerprint density at radius 2 is 0.830 bits per heavy atom. The van der Waals surface area contributed by atoms with Crippen molar-refractivity contribution in [2.75, 3.05) is 41.0 Å². The van der Waals surface area contributed by atoms with Gasteiger partial charge in [0.2, 0.25) is 0 Å². The predicted molar refractivity (Wildman–Crippen MR) is 218 cm³/mol. The summed E-state index contributed by atoms with van der Waals surface area (Å²) < 4.78 is 17.1. The number of carbonyl (C=O) groups is 3. The molecule has 0 N–H and O–H groups in total. The normalized spacial score (nSPS) is 12.8. The van der Waals surface area contributed by atoms with Gasteiger partial charge in [0.15, 0.2) is 6.10 Å². The van der Waals surface area contributed by atoms with Gasteiger partial charge in [0.05, 0.1) is 40.3 Å². The molecule has 0 aromatic heterocycles. The number of rotatable bonds is 41. The maximum atomic E-state index is 12.7. The first-order valence-corrected chi connectivity index (χ1v) is 22.6. The van der Waals surface area contributed by atoms with E-state index in [2.05, 4.69) is 13.8 Å². The number of likely N-dealkylation sites (N-methyl/N-ethyl adjacent to an activating group) is 1. The highest BCUT2D eigenvalue weighted by Crippen LogP contribution is 2.16. The molecule has 0 rings (SSSR count). The fraction of sp³-hybridized carbons (Fsp3) is 0.933. The zero-order chi connectivity index (χ0) is 39.3. The molecule has 0 heterocycles. The van der Waals surface area contributed by atoms with Crippen molar-refractivity contribution in [3.8, 4) is 0 Å². The summed E-state index contributed by atoms with van der Waals surface area (Å²) >= 11 is 0. The SMILES string of the molecule is CCCCCCCCCCCCCCCCCCCCCCC(=O)OC(COCCC(C(=O)[O-])[N+](C)(C)C)COC(=O)CCCCCCCCCCC. The zero-order valence-corrected chi connectivity index (χ0v) is 35.7. The van der Waals surface area contributed by atoms with E-state index in [0.29, 0.717) is 12.8 Å². The van der Waals surface area contributed by atoms with E-state index in [9.17, 15) is 19.5 Å². The van der Waals surface area contributed by atoms with E-state index >= 15 is 0 Å². The quantitative estimate of drug-likeness (QED) is 0.0348. The number of quaternary nitrogens is 1. The number of aliphatic carboxylic acids is 1. The minimum absolute atomic E-state index is 0.0488. The van der Waals surface area contributed by atoms with Gasteiger partial charge in [-0.3, -0.25) is 9.59 Å². The smallest absolute Gasteiger partial charge is 0.306 e. The molecule has 0 aromatic carbocycles. The summed E-state index contributed by atoms with van der Waals surface area (Å²) in [5.74, 6) is -1.72. The summed E-state index contributed by atoms with van der Waals surface area (Å²) in [6.07, 6.45) is 37.0. The van der Waals surface area contributed by atoms with Gasteiger partial charge in [-0.1, -0.05) is 187 Å². The van der Waals surface area contributed by atoms with Crippen molar-refractivity contribution < 1.29 is 38.2 Å². The van der Waals surface area contributed by atoms with Crippen molar-refractivity contribution in [1.82, 2.24) is 0 Å². The van der Waals surface area contributed by atoms with Crippen molar-refractivity contribution >= 4 is 17.9 Å². The van der Waals surface area contributed by atoms with Crippen LogP contribution in [-0.2, 0) is 28.6 Å². The van der Waals surface area contributed by atoms with E-state index in [1.165, 1.54) is 148 Å². The predicted octanol–water partition coefficient (Wildman–Crippen LogP) is 10.8. The Morgan fingerprint density at radius 3 is 1.17 bits per heavy atom. The van der Waals surface area contributed by atoms with E-state index in [0.717, 1.165) is 38.5 Å². The topological polar surface area (TPSA) is 102 Å². The van der Waals surface area contributed by atoms with Crippen LogP contribution in [0.3, 0.4) is 0 Å². The second kappa shape index (κ2) is 37.3. The van der Waals surface area contributed by atoms with Crippen molar-refractivity contribution in [2.45, 2.75) is 231 Å². The van der Waals surface area contributed by atoms with E-state index < -0.39 is 18.1 Å². The monoisotopic (exact) mass is 754 g/mol. The Hall–Kier alpha value is -1.67. The van der Waals surface area contributed by atoms with Crippen molar-refractivity contribution in [3.05, 3.63) is 0 Å². The Balaban J connectivity index is 4.19. The van der Waals surface area contributed by atoms with E-state index in [1.807, 2.05) is 0 Å². The fourth-order valence-electron chi connectivity index (χ4n) is 6.95. The van der Waals surface area contributed by atoms with Gasteiger partial charge < -0.3 is 28.6 Å². The molecule has 0 aliphatic rings. The van der Waals surface area contributed by atoms with Gasteiger partial charge in [-0.2, -0.15) is 0 Å². The Bertz CT molecular complexity index is 843. The number of ether oxygens (including phenoxy) is 3. The number of carboxylic acids is 1. The molecule has 314 valence electrons. The molecule has 53 heavy (non-hydrogen) atoms. The minimum atomic E-state index is -1.12. The molecular weight excluding hydrogens is 666 g/mol. The average Bonchev–Trinajstić information content (AvgIpc) is 3.11. The molecule has 0 aromatic rings. The molecule has 8 heteroatoms. The van der Waals surface area contributed by atoms with Crippen LogP contribution in [0.25, 0.3) is 0 Å². The average molecular weight is 754 g/mol. The third-order valence-corrected chi connectivity index (χ3v) is 10.5. The molecule has 0 saturated heterocycles. The Morgan fingerprint density at radius 1 is 0.491 bits per heavy atom. The summed E-state index contributed by atoms with van der Waals surface area (Å²) in [6.45, 7) is 4.67. The van der Waals surface area contributed by atoms with Crippen molar-refractivity contribution in [1.29, 1.82) is 0 Å². The summed E-state index contributed by atoms with van der Waals surface area (Å²) in [6, 6.07) is -0.718. The van der Waals surface area contributed by atoms with Gasteiger partial charge in [0.25, 0.3) is 0 Å². The number of unbranched alkanes of at least 4 members (excludes halogenated alkanes) is 27. The van der Waals surface area contributed by atoms with Crippen LogP contribution in [0, 0.1) is 0 Å². The third kappa shape index (κ3) is 35.8. The lowest BCUT2D eigenvalue weighted by Crippen LogP contribution is -2.55. The zero-order valence-electron chi connectivity index (χ0n) is 35.7. The van der Waals surface area contributed by atoms with Gasteiger partial charge in [0.1, 0.15) is 12.6 Å². The lowest BCUT2D eigenvalue weighted by Gasteiger charge is -2.34. The van der Waals surface area contributed by atoms with Gasteiger partial charge in [0, 0.05) is 19.3 Å². The molecular formula is C45H87NO7. The fourth-order valence-corrected chi connectivity index (χ4v) is 6.95. The van der Waals surface area contributed by atoms with Crippen LogP contribution in [0.15, 0.2) is 0 Å². The molecule has 8 nitrogen and oxygen atoms in total. The Labute approximate surface area is 327 Å². The number of nitrogens with zero attached hydrogens (tertiary/aromatic N) is 1. The summed E-state index contributed by atoms with van der Waals surface area (Å²) in [4.78, 5) is 36.7. The molecule has 2 atom stereocenters. The van der Waals surface area contributed by atoms with Crippen LogP contribution in [0.1, 0.15) is 219 Å². The van der Waals surface area contributed by atoms with E-state index in [-0.39, 0.29) is 42.7 Å². The second-order valence-corrected chi connectivity index (χ2v) is 16.7. The van der Waals surface area contributed by atoms with Gasteiger partial charge >= 0.3 is 11.9 Å². The maximum absolute atomic E-state index is 12.7. The van der Waals surface area contributed by atoms with Crippen molar-refractivity contribution in [3.63, 3.8) is 0 Å². The van der Waals surface area contributed by atoms with Gasteiger partial charge in [-0.05, 0) is 12.8 Å². The largest absolute Gasteiger partial charge is 0.544 e. The van der Waals surface area contributed by atoms with Crippen LogP contribution < -0.4 is 5.11 Å². The molecule has 0 bridgehead atoms. The highest BCUT2D eigenvalue weighted by Gasteiger charge is 2.25. The van der Waals surface area contributed by atoms with Crippen molar-refractivity contribution in [2.24, 2.45) is 0 Å². The lowest BCUT2D eigenvalue weighted by molar-refractivity contribution is -0.889. The summed E-state index contributed by atoms with van der Waals surface area (Å²) in [5, 5.41) is 11.6. The first-order chi connectivity index (χ1) is 25.6. The van der Waals surface area contributed by atoms with Crippen LogP contribution >= 0.6 is 0 Å². The molecule has 0 radical (unpaired) electrons. The highest BCUT2D eigenvalue weighted by molar-refractivity contribution is 5.70. The van der Waals surface area contributed by atoms with Crippen LogP contribution in [0.5, 0.6) is 0 Å². The Kier molecular flexibility index (Phi) is 36.1. The van der Waals surface area contributed by atoms with Gasteiger partial charge in [-0.15, -0.1) is 0 Å². The molecule has 0 spiro atoms. The number of carbonyl (C=O) groups excluding carboxylic acids is 3. The molecule has 2 unspecified atom stereocenters. The van der Waals surface area contributed by atoms with E-state index in [1.54, 1.807) is 21.1 Å². The summed E-state index contributed by atoms with van der Waals surface area (Å²) in [7, 11) is 5.41. The molecule has 0 aliphatic carbocycles. The number of hydrogen-bond acceptors (Lipinski definition) is 7. The standard InChI is InChI=1S/C45H87NO7/c1-6-8-10-12-14-16-17-18-19-20-21-22-23-24-25-26-28-30-32-34-36-44(48)53-41(39-51-38-37-42(45(49)50)46(3,4)5)40-52-43(47)35-33-31-29-27-15-13-11-9-7-2/h41-42H,6-40H2,1-5H3. The molecule has 0 amide bonds. The second-order valence-electron chi connectivity index (χ2n) is 16.7. The van der Waals surface area contributed by atoms with Gasteiger partial charge in [-0.25, -0.2) is 0 Å². The summed E-state index contributed by atoms with van der Waals surface area (Å²) in [5.41, 5.74) is 0. The van der Waals surface area contributed by atoms with Crippen LogP contribution in [0.2, 0.25) is 0 Å². The van der Waals surface area contributed by atoms with E-state index in [4.69, 9.17) is 14.2 Å². The molecule has 0 saturated carbocycles. The van der Waals surface area contributed by atoms with Crippen LogP contribution in [0.4, 0.5) is 0 Å². The number of hydrogen-bond donors (Lipinski definition) is 0. The molecule has 0 aliphatic heterocycles. The third-order valence-electron chi connectivity index (χ3n) is 10.5. The highest BCUT2D eigenvalue weighted by atomic mass is 16.6. The molecule has 0 fully saturated rings. The number of carboxylic acid groups (broad SMARTS) is 1. The first-order valence-electron chi connectivity index (χ1n) is 22.6. The van der Waals surface area contributed by atoms with Crippen LogP contribution in [-0.4, -0.2) is 75.5 Å². The maximum Gasteiger partial charge on any atom is 0.306 e. The first kappa shape index (κ1) is 51.3.